The lowest BCUT2D eigenvalue weighted by atomic mass is 9.86. The third-order valence-corrected chi connectivity index (χ3v) is 9.56. The van der Waals surface area contributed by atoms with Crippen molar-refractivity contribution >= 4 is 27.3 Å². The Balaban J connectivity index is 1.28. The van der Waals surface area contributed by atoms with E-state index < -0.39 is 14.8 Å². The number of benzene rings is 2. The Hall–Kier alpha value is -2.38. The molecular weight excluding hydrogens is 458 g/mol. The molecule has 0 unspecified atom stereocenters. The molecule has 2 fully saturated rings. The Labute approximate surface area is 210 Å². The Kier molecular flexibility index (Phi) is 7.86. The summed E-state index contributed by atoms with van der Waals surface area (Å²) in [6.07, 6.45) is 6.60. The van der Waals surface area contributed by atoms with Crippen LogP contribution < -0.4 is 14.9 Å². The van der Waals surface area contributed by atoms with Crippen molar-refractivity contribution in [3.8, 4) is 11.1 Å². The minimum absolute atomic E-state index is 0.0146. The molecule has 1 amide bonds. The van der Waals surface area contributed by atoms with Gasteiger partial charge < -0.3 is 10.2 Å². The maximum atomic E-state index is 12.8. The highest BCUT2D eigenvalue weighted by Gasteiger charge is 2.34. The molecule has 7 heteroatoms. The van der Waals surface area contributed by atoms with E-state index in [0.29, 0.717) is 25.7 Å². The normalized spacial score (nSPS) is 21.5. The van der Waals surface area contributed by atoms with E-state index in [9.17, 15) is 13.2 Å². The van der Waals surface area contributed by atoms with Gasteiger partial charge in [-0.1, -0.05) is 24.3 Å². The second-order valence-corrected chi connectivity index (χ2v) is 13.4. The minimum atomic E-state index is -3.37. The van der Waals surface area contributed by atoms with Crippen LogP contribution in [0, 0.1) is 5.92 Å². The first kappa shape index (κ1) is 25.7. The third kappa shape index (κ3) is 6.44. The van der Waals surface area contributed by atoms with Crippen LogP contribution in [0.25, 0.3) is 11.1 Å². The molecule has 0 aromatic heterocycles. The maximum absolute atomic E-state index is 12.8. The van der Waals surface area contributed by atoms with Gasteiger partial charge in [-0.05, 0) is 101 Å². The van der Waals surface area contributed by atoms with E-state index >= 15 is 0 Å². The van der Waals surface area contributed by atoms with Gasteiger partial charge in [-0.15, -0.1) is 0 Å². The highest BCUT2D eigenvalue weighted by molar-refractivity contribution is 7.90. The molecule has 35 heavy (non-hydrogen) atoms. The van der Waals surface area contributed by atoms with Gasteiger partial charge in [0.2, 0.25) is 15.9 Å². The van der Waals surface area contributed by atoms with E-state index in [1.165, 1.54) is 30.5 Å². The topological polar surface area (TPSA) is 78.5 Å². The first-order valence-electron chi connectivity index (χ1n) is 12.9. The average Bonchev–Trinajstić information content (AvgIpc) is 2.85. The fraction of sp³-hybridized carbons (Fsp3) is 0.536. The molecule has 1 saturated heterocycles. The second kappa shape index (κ2) is 10.7. The van der Waals surface area contributed by atoms with Gasteiger partial charge in [0.15, 0.2) is 0 Å². The molecule has 0 bridgehead atoms. The molecule has 2 aromatic rings. The largest absolute Gasteiger partial charge is 0.372 e. The Morgan fingerprint density at radius 1 is 0.829 bits per heavy atom. The number of carbonyl (C=O) groups is 1. The number of carbonyl (C=O) groups excluding carboxylic acids is 1. The molecule has 2 aromatic carbocycles. The maximum Gasteiger partial charge on any atom is 0.227 e. The molecule has 1 heterocycles. The smallest absolute Gasteiger partial charge is 0.227 e. The lowest BCUT2D eigenvalue weighted by Crippen LogP contribution is -2.46. The van der Waals surface area contributed by atoms with E-state index in [2.05, 4.69) is 39.2 Å². The van der Waals surface area contributed by atoms with Crippen LogP contribution in [0.4, 0.5) is 11.4 Å². The Bertz CT molecular complexity index is 1090. The predicted octanol–water partition coefficient (Wildman–Crippen LogP) is 5.56. The van der Waals surface area contributed by atoms with Crippen molar-refractivity contribution in [1.82, 2.24) is 4.72 Å². The molecule has 0 radical (unpaired) electrons. The van der Waals surface area contributed by atoms with Gasteiger partial charge >= 0.3 is 0 Å². The fourth-order valence-electron chi connectivity index (χ4n) is 4.88. The molecule has 6 nitrogen and oxygen atoms in total. The van der Waals surface area contributed by atoms with E-state index in [4.69, 9.17) is 0 Å². The number of amides is 1. The van der Waals surface area contributed by atoms with Crippen LogP contribution in [0.5, 0.6) is 0 Å². The molecule has 2 aliphatic rings. The number of nitrogens with one attached hydrogen (secondary N) is 2. The molecule has 1 aliphatic heterocycles. The van der Waals surface area contributed by atoms with Crippen molar-refractivity contribution < 1.29 is 13.2 Å². The SMILES string of the molecule is CC(C)(C)S(=O)(=O)N[C@H]1CC[C@H](C(=O)Nc2ccc(-c3ccc(N4CCCCC4)cc3)cc2)CC1. The van der Waals surface area contributed by atoms with Crippen LogP contribution in [-0.2, 0) is 14.8 Å². The summed E-state index contributed by atoms with van der Waals surface area (Å²) in [7, 11) is -3.37. The lowest BCUT2D eigenvalue weighted by molar-refractivity contribution is -0.120. The van der Waals surface area contributed by atoms with E-state index in [1.54, 1.807) is 20.8 Å². The van der Waals surface area contributed by atoms with Gasteiger partial charge in [0, 0.05) is 36.4 Å². The van der Waals surface area contributed by atoms with Crippen LogP contribution in [-0.4, -0.2) is 38.2 Å². The van der Waals surface area contributed by atoms with Crippen molar-refractivity contribution in [3.63, 3.8) is 0 Å². The molecular formula is C28H39N3O3S. The number of rotatable bonds is 6. The molecule has 2 N–H and O–H groups in total. The van der Waals surface area contributed by atoms with Gasteiger partial charge in [-0.2, -0.15) is 0 Å². The highest BCUT2D eigenvalue weighted by atomic mass is 32.2. The van der Waals surface area contributed by atoms with Crippen molar-refractivity contribution in [2.45, 2.75) is 76.5 Å². The van der Waals surface area contributed by atoms with E-state index in [-0.39, 0.29) is 17.9 Å². The molecule has 0 spiro atoms. The summed E-state index contributed by atoms with van der Waals surface area (Å²) < 4.78 is 26.8. The number of hydrogen-bond acceptors (Lipinski definition) is 4. The Morgan fingerprint density at radius 3 is 1.91 bits per heavy atom. The minimum Gasteiger partial charge on any atom is -0.372 e. The van der Waals surface area contributed by atoms with Crippen molar-refractivity contribution in [2.75, 3.05) is 23.3 Å². The van der Waals surface area contributed by atoms with Crippen LogP contribution in [0.3, 0.4) is 0 Å². The molecule has 0 atom stereocenters. The van der Waals surface area contributed by atoms with Crippen LogP contribution in [0.2, 0.25) is 0 Å². The summed E-state index contributed by atoms with van der Waals surface area (Å²) in [4.78, 5) is 15.3. The Morgan fingerprint density at radius 2 is 1.37 bits per heavy atom. The van der Waals surface area contributed by atoms with Gasteiger partial charge in [0.1, 0.15) is 0 Å². The first-order valence-corrected chi connectivity index (χ1v) is 14.4. The summed E-state index contributed by atoms with van der Waals surface area (Å²) in [5, 5.41) is 3.05. The number of nitrogens with zero attached hydrogens (tertiary/aromatic N) is 1. The summed E-state index contributed by atoms with van der Waals surface area (Å²) >= 11 is 0. The van der Waals surface area contributed by atoms with Gasteiger partial charge in [-0.3, -0.25) is 4.79 Å². The summed E-state index contributed by atoms with van der Waals surface area (Å²) in [5.41, 5.74) is 4.37. The van der Waals surface area contributed by atoms with Crippen LogP contribution in [0.1, 0.15) is 65.7 Å². The predicted molar refractivity (Wildman–Crippen MR) is 144 cm³/mol. The van der Waals surface area contributed by atoms with Crippen molar-refractivity contribution in [1.29, 1.82) is 0 Å². The van der Waals surface area contributed by atoms with E-state index in [0.717, 1.165) is 24.3 Å². The summed E-state index contributed by atoms with van der Waals surface area (Å²) in [6.45, 7) is 7.38. The quantitative estimate of drug-likeness (QED) is 0.548. The lowest BCUT2D eigenvalue weighted by Gasteiger charge is -2.30. The zero-order valence-electron chi connectivity index (χ0n) is 21.2. The average molecular weight is 498 g/mol. The van der Waals surface area contributed by atoms with Crippen LogP contribution >= 0.6 is 0 Å². The van der Waals surface area contributed by atoms with Crippen molar-refractivity contribution in [2.24, 2.45) is 5.92 Å². The van der Waals surface area contributed by atoms with Crippen molar-refractivity contribution in [3.05, 3.63) is 48.5 Å². The van der Waals surface area contributed by atoms with Gasteiger partial charge in [-0.25, -0.2) is 13.1 Å². The van der Waals surface area contributed by atoms with Crippen LogP contribution in [0.15, 0.2) is 48.5 Å². The fourth-order valence-corrected chi connectivity index (χ4v) is 5.90. The third-order valence-electron chi connectivity index (χ3n) is 7.30. The molecule has 1 saturated carbocycles. The number of sulfonamides is 1. The van der Waals surface area contributed by atoms with Gasteiger partial charge in [0.05, 0.1) is 4.75 Å². The highest BCUT2D eigenvalue weighted by Crippen LogP contribution is 2.29. The number of anilines is 2. The number of hydrogen-bond donors (Lipinski definition) is 2. The van der Waals surface area contributed by atoms with E-state index in [1.807, 2.05) is 24.3 Å². The zero-order chi connectivity index (χ0) is 25.1. The monoisotopic (exact) mass is 497 g/mol. The first-order chi connectivity index (χ1) is 16.6. The standard InChI is InChI=1S/C28H39N3O3S/c1-28(2,3)35(33,34)30-25-15-9-23(10-16-25)27(32)29-24-13-7-21(8-14-24)22-11-17-26(18-12-22)31-19-5-4-6-20-31/h7-8,11-14,17-18,23,25,30H,4-6,9-10,15-16,19-20H2,1-3H3,(H,29,32)/t23-,25-. The second-order valence-electron chi connectivity index (χ2n) is 10.9. The zero-order valence-corrected chi connectivity index (χ0v) is 22.0. The molecule has 4 rings (SSSR count). The number of piperidine rings is 1. The summed E-state index contributed by atoms with van der Waals surface area (Å²) in [6, 6.07) is 16.6. The summed E-state index contributed by atoms with van der Waals surface area (Å²) in [5.74, 6) is -0.0758. The molecule has 1 aliphatic carbocycles. The van der Waals surface area contributed by atoms with Gasteiger partial charge in [0.25, 0.3) is 0 Å². The molecule has 190 valence electrons.